The quantitative estimate of drug-likeness (QED) is 0.730. The zero-order valence-electron chi connectivity index (χ0n) is 16.2. The van der Waals surface area contributed by atoms with Crippen molar-refractivity contribution in [3.63, 3.8) is 0 Å². The number of carbonyl (C=O) groups excluding carboxylic acids is 1. The van der Waals surface area contributed by atoms with Crippen molar-refractivity contribution in [1.82, 2.24) is 9.80 Å². The van der Waals surface area contributed by atoms with Gasteiger partial charge in [-0.25, -0.2) is 4.39 Å². The fourth-order valence-electron chi connectivity index (χ4n) is 3.22. The lowest BCUT2D eigenvalue weighted by atomic mass is 10.1. The molecular formula is C21H25FN2O4. The van der Waals surface area contributed by atoms with E-state index in [1.807, 2.05) is 4.90 Å². The van der Waals surface area contributed by atoms with Crippen molar-refractivity contribution >= 4 is 5.91 Å². The summed E-state index contributed by atoms with van der Waals surface area (Å²) in [4.78, 5) is 17.0. The first-order chi connectivity index (χ1) is 13.6. The molecule has 1 fully saturated rings. The number of piperazine rings is 1. The lowest BCUT2D eigenvalue weighted by Gasteiger charge is -2.35. The molecule has 0 atom stereocenters. The van der Waals surface area contributed by atoms with Gasteiger partial charge in [0.1, 0.15) is 35.2 Å². The fraction of sp³-hybridized carbons (Fsp3) is 0.381. The topological polar surface area (TPSA) is 51.2 Å². The lowest BCUT2D eigenvalue weighted by Crippen LogP contribution is -2.49. The SMILES string of the molecule is COc1cccc(OC)c1C(=O)N1CCN(CCOc2ccc(F)cc2)CC1. The van der Waals surface area contributed by atoms with Gasteiger partial charge >= 0.3 is 0 Å². The maximum Gasteiger partial charge on any atom is 0.261 e. The monoisotopic (exact) mass is 388 g/mol. The van der Waals surface area contributed by atoms with E-state index in [1.54, 1.807) is 44.6 Å². The average Bonchev–Trinajstić information content (AvgIpc) is 2.74. The summed E-state index contributed by atoms with van der Waals surface area (Å²) in [6.07, 6.45) is 0. The maximum absolute atomic E-state index is 13.0. The summed E-state index contributed by atoms with van der Waals surface area (Å²) in [7, 11) is 3.09. The average molecular weight is 388 g/mol. The Morgan fingerprint density at radius 3 is 2.14 bits per heavy atom. The van der Waals surface area contributed by atoms with Gasteiger partial charge in [0, 0.05) is 32.7 Å². The minimum atomic E-state index is -0.278. The van der Waals surface area contributed by atoms with E-state index in [9.17, 15) is 9.18 Å². The van der Waals surface area contributed by atoms with Crippen molar-refractivity contribution in [2.45, 2.75) is 0 Å². The zero-order chi connectivity index (χ0) is 19.9. The molecule has 0 radical (unpaired) electrons. The van der Waals surface area contributed by atoms with Crippen LogP contribution in [0.2, 0.25) is 0 Å². The summed E-state index contributed by atoms with van der Waals surface area (Å²) in [5.74, 6) is 1.31. The highest BCUT2D eigenvalue weighted by Gasteiger charge is 2.26. The lowest BCUT2D eigenvalue weighted by molar-refractivity contribution is 0.0614. The van der Waals surface area contributed by atoms with Crippen molar-refractivity contribution < 1.29 is 23.4 Å². The van der Waals surface area contributed by atoms with Crippen LogP contribution in [0.1, 0.15) is 10.4 Å². The van der Waals surface area contributed by atoms with Gasteiger partial charge < -0.3 is 19.1 Å². The third-order valence-corrected chi connectivity index (χ3v) is 4.79. The first kappa shape index (κ1) is 19.9. The molecular weight excluding hydrogens is 363 g/mol. The van der Waals surface area contributed by atoms with Gasteiger partial charge in [-0.1, -0.05) is 6.07 Å². The second-order valence-corrected chi connectivity index (χ2v) is 6.47. The molecule has 6 nitrogen and oxygen atoms in total. The summed E-state index contributed by atoms with van der Waals surface area (Å²) >= 11 is 0. The van der Waals surface area contributed by atoms with Gasteiger partial charge in [0.05, 0.1) is 14.2 Å². The Morgan fingerprint density at radius 2 is 1.57 bits per heavy atom. The highest BCUT2D eigenvalue weighted by atomic mass is 19.1. The highest BCUT2D eigenvalue weighted by molar-refractivity contribution is 5.99. The fourth-order valence-corrected chi connectivity index (χ4v) is 3.22. The van der Waals surface area contributed by atoms with E-state index in [4.69, 9.17) is 14.2 Å². The molecule has 1 amide bonds. The molecule has 2 aromatic carbocycles. The molecule has 0 unspecified atom stereocenters. The Kier molecular flexibility index (Phi) is 6.71. The third-order valence-electron chi connectivity index (χ3n) is 4.79. The molecule has 0 bridgehead atoms. The van der Waals surface area contributed by atoms with Gasteiger partial charge in [0.15, 0.2) is 0 Å². The summed E-state index contributed by atoms with van der Waals surface area (Å²) in [6, 6.07) is 11.3. The summed E-state index contributed by atoms with van der Waals surface area (Å²) in [5.41, 5.74) is 0.459. The summed E-state index contributed by atoms with van der Waals surface area (Å²) < 4.78 is 29.2. The molecule has 1 saturated heterocycles. The first-order valence-corrected chi connectivity index (χ1v) is 9.23. The molecule has 2 aromatic rings. The molecule has 0 N–H and O–H groups in total. The molecule has 0 aromatic heterocycles. The van der Waals surface area contributed by atoms with Crippen LogP contribution in [0.3, 0.4) is 0 Å². The van der Waals surface area contributed by atoms with E-state index in [-0.39, 0.29) is 11.7 Å². The van der Waals surface area contributed by atoms with Gasteiger partial charge in [0.2, 0.25) is 0 Å². The number of carbonyl (C=O) groups is 1. The third kappa shape index (κ3) is 4.72. The van der Waals surface area contributed by atoms with Gasteiger partial charge in [0.25, 0.3) is 5.91 Å². The Morgan fingerprint density at radius 1 is 0.964 bits per heavy atom. The molecule has 150 valence electrons. The van der Waals surface area contributed by atoms with Crippen LogP contribution >= 0.6 is 0 Å². The number of halogens is 1. The van der Waals surface area contributed by atoms with Crippen LogP contribution in [-0.2, 0) is 0 Å². The van der Waals surface area contributed by atoms with Crippen molar-refractivity contribution in [2.75, 3.05) is 53.6 Å². The standard InChI is InChI=1S/C21H25FN2O4/c1-26-18-4-3-5-19(27-2)20(18)21(25)24-12-10-23(11-13-24)14-15-28-17-8-6-16(22)7-9-17/h3-9H,10-15H2,1-2H3. The van der Waals surface area contributed by atoms with Gasteiger partial charge in [-0.3, -0.25) is 9.69 Å². The maximum atomic E-state index is 13.0. The molecule has 0 aliphatic carbocycles. The van der Waals surface area contributed by atoms with E-state index >= 15 is 0 Å². The Balaban J connectivity index is 1.51. The van der Waals surface area contributed by atoms with E-state index in [2.05, 4.69) is 4.90 Å². The van der Waals surface area contributed by atoms with Crippen LogP contribution in [0.5, 0.6) is 17.2 Å². The van der Waals surface area contributed by atoms with Crippen molar-refractivity contribution in [3.8, 4) is 17.2 Å². The van der Waals surface area contributed by atoms with E-state index in [1.165, 1.54) is 12.1 Å². The second-order valence-electron chi connectivity index (χ2n) is 6.47. The Hall–Kier alpha value is -2.80. The normalized spacial score (nSPS) is 14.6. The van der Waals surface area contributed by atoms with Crippen molar-refractivity contribution in [1.29, 1.82) is 0 Å². The molecule has 28 heavy (non-hydrogen) atoms. The van der Waals surface area contributed by atoms with E-state index in [0.29, 0.717) is 42.5 Å². The number of ether oxygens (including phenoxy) is 3. The number of nitrogens with zero attached hydrogens (tertiary/aromatic N) is 2. The smallest absolute Gasteiger partial charge is 0.261 e. The van der Waals surface area contributed by atoms with Crippen LogP contribution in [0.15, 0.2) is 42.5 Å². The summed E-state index contributed by atoms with van der Waals surface area (Å²) in [5, 5.41) is 0. The Bertz CT molecular complexity index is 767. The van der Waals surface area contributed by atoms with Crippen molar-refractivity contribution in [3.05, 3.63) is 53.8 Å². The van der Waals surface area contributed by atoms with Crippen LogP contribution < -0.4 is 14.2 Å². The van der Waals surface area contributed by atoms with Gasteiger partial charge in [-0.05, 0) is 36.4 Å². The van der Waals surface area contributed by atoms with Crippen molar-refractivity contribution in [2.24, 2.45) is 0 Å². The van der Waals surface area contributed by atoms with Crippen LogP contribution in [0.25, 0.3) is 0 Å². The van der Waals surface area contributed by atoms with Gasteiger partial charge in [-0.15, -0.1) is 0 Å². The molecule has 0 spiro atoms. The summed E-state index contributed by atoms with van der Waals surface area (Å²) in [6.45, 7) is 4.02. The van der Waals surface area contributed by atoms with E-state index in [0.717, 1.165) is 19.6 Å². The molecule has 1 aliphatic heterocycles. The number of amides is 1. The minimum absolute atomic E-state index is 0.0866. The number of hydrogen-bond acceptors (Lipinski definition) is 5. The Labute approximate surface area is 164 Å². The molecule has 7 heteroatoms. The second kappa shape index (κ2) is 9.41. The largest absolute Gasteiger partial charge is 0.496 e. The first-order valence-electron chi connectivity index (χ1n) is 9.23. The molecule has 1 heterocycles. The number of benzene rings is 2. The molecule has 0 saturated carbocycles. The highest BCUT2D eigenvalue weighted by Crippen LogP contribution is 2.29. The number of hydrogen-bond donors (Lipinski definition) is 0. The number of methoxy groups -OCH3 is 2. The predicted molar refractivity (Wildman–Crippen MR) is 104 cm³/mol. The molecule has 3 rings (SSSR count). The van der Waals surface area contributed by atoms with Crippen LogP contribution in [0, 0.1) is 5.82 Å². The van der Waals surface area contributed by atoms with Gasteiger partial charge in [-0.2, -0.15) is 0 Å². The van der Waals surface area contributed by atoms with Crippen LogP contribution in [-0.4, -0.2) is 69.3 Å². The predicted octanol–water partition coefficient (Wildman–Crippen LogP) is 2.68. The minimum Gasteiger partial charge on any atom is -0.496 e. The van der Waals surface area contributed by atoms with E-state index < -0.39 is 0 Å². The number of rotatable bonds is 7. The van der Waals surface area contributed by atoms with Crippen LogP contribution in [0.4, 0.5) is 4.39 Å². The zero-order valence-corrected chi connectivity index (χ0v) is 16.2. The molecule has 1 aliphatic rings.